The molecule has 0 N–H and O–H groups in total. The number of piperidine rings is 1. The molecule has 1 aromatic carbocycles. The quantitative estimate of drug-likeness (QED) is 0.844. The van der Waals surface area contributed by atoms with E-state index < -0.39 is 0 Å². The summed E-state index contributed by atoms with van der Waals surface area (Å²) < 4.78 is 5.82. The molecule has 0 radical (unpaired) electrons. The Labute approximate surface area is 125 Å². The average Bonchev–Trinajstić information content (AvgIpc) is 3.02. The minimum Gasteiger partial charge on any atom is -0.364 e. The third-order valence-corrected chi connectivity index (χ3v) is 4.31. The van der Waals surface area contributed by atoms with Crippen molar-refractivity contribution in [3.63, 3.8) is 0 Å². The van der Waals surface area contributed by atoms with Gasteiger partial charge in [0.1, 0.15) is 6.26 Å². The fourth-order valence-electron chi connectivity index (χ4n) is 2.64. The zero-order valence-electron chi connectivity index (χ0n) is 11.0. The highest BCUT2D eigenvalue weighted by molar-refractivity contribution is 9.10. The molecule has 1 saturated heterocycles. The van der Waals surface area contributed by atoms with E-state index in [1.807, 2.05) is 4.90 Å². The summed E-state index contributed by atoms with van der Waals surface area (Å²) in [6.45, 7) is 1.54. The first-order valence-corrected chi connectivity index (χ1v) is 7.48. The summed E-state index contributed by atoms with van der Waals surface area (Å²) >= 11 is 3.45. The number of carbonyl (C=O) groups is 1. The van der Waals surface area contributed by atoms with Crippen LogP contribution in [0.25, 0.3) is 0 Å². The SMILES string of the molecule is O=C(c1ccon1)N1CCC(c2ccc(Br)cc2)CC1. The number of hydrogen-bond donors (Lipinski definition) is 0. The van der Waals surface area contributed by atoms with Crippen molar-refractivity contribution >= 4 is 21.8 Å². The maximum atomic E-state index is 12.1. The van der Waals surface area contributed by atoms with Gasteiger partial charge in [0.25, 0.3) is 5.91 Å². The van der Waals surface area contributed by atoms with Crippen molar-refractivity contribution in [2.75, 3.05) is 13.1 Å². The number of benzene rings is 1. The first-order chi connectivity index (χ1) is 9.74. The van der Waals surface area contributed by atoms with E-state index >= 15 is 0 Å². The number of amides is 1. The molecule has 2 aromatic rings. The lowest BCUT2D eigenvalue weighted by Gasteiger charge is -2.31. The number of carbonyl (C=O) groups excluding carboxylic acids is 1. The Bertz CT molecular complexity index is 572. The molecule has 20 heavy (non-hydrogen) atoms. The minimum atomic E-state index is -0.0343. The highest BCUT2D eigenvalue weighted by Gasteiger charge is 2.25. The Kier molecular flexibility index (Phi) is 3.87. The lowest BCUT2D eigenvalue weighted by Crippen LogP contribution is -2.38. The van der Waals surface area contributed by atoms with Gasteiger partial charge in [-0.25, -0.2) is 0 Å². The summed E-state index contributed by atoms with van der Waals surface area (Å²) in [5.41, 5.74) is 1.74. The zero-order valence-corrected chi connectivity index (χ0v) is 12.5. The van der Waals surface area contributed by atoms with Crippen LogP contribution in [-0.4, -0.2) is 29.1 Å². The highest BCUT2D eigenvalue weighted by atomic mass is 79.9. The number of hydrogen-bond acceptors (Lipinski definition) is 3. The van der Waals surface area contributed by atoms with Crippen LogP contribution in [0.15, 0.2) is 45.6 Å². The molecule has 104 valence electrons. The number of aromatic nitrogens is 1. The third kappa shape index (κ3) is 2.77. The lowest BCUT2D eigenvalue weighted by atomic mass is 9.89. The first-order valence-electron chi connectivity index (χ1n) is 6.69. The van der Waals surface area contributed by atoms with Crippen molar-refractivity contribution in [1.82, 2.24) is 10.1 Å². The van der Waals surface area contributed by atoms with Gasteiger partial charge in [-0.05, 0) is 36.5 Å². The predicted molar refractivity (Wildman–Crippen MR) is 78.5 cm³/mol. The van der Waals surface area contributed by atoms with Crippen LogP contribution in [0, 0.1) is 0 Å². The van der Waals surface area contributed by atoms with E-state index in [0.29, 0.717) is 11.6 Å². The van der Waals surface area contributed by atoms with Crippen molar-refractivity contribution in [3.05, 3.63) is 52.3 Å². The van der Waals surface area contributed by atoms with Gasteiger partial charge < -0.3 is 9.42 Å². The molecule has 2 heterocycles. The van der Waals surface area contributed by atoms with Crippen LogP contribution in [0.1, 0.15) is 34.8 Å². The Hall–Kier alpha value is -1.62. The van der Waals surface area contributed by atoms with E-state index in [-0.39, 0.29) is 5.91 Å². The Balaban J connectivity index is 1.62. The molecule has 4 nitrogen and oxygen atoms in total. The molecule has 0 bridgehead atoms. The lowest BCUT2D eigenvalue weighted by molar-refractivity contribution is 0.0702. The summed E-state index contributed by atoms with van der Waals surface area (Å²) in [5, 5.41) is 3.71. The second-order valence-electron chi connectivity index (χ2n) is 5.00. The van der Waals surface area contributed by atoms with Crippen LogP contribution in [0.4, 0.5) is 0 Å². The predicted octanol–water partition coefficient (Wildman–Crippen LogP) is 3.46. The molecule has 0 unspecified atom stereocenters. The molecule has 5 heteroatoms. The second-order valence-corrected chi connectivity index (χ2v) is 5.92. The van der Waals surface area contributed by atoms with E-state index in [1.165, 1.54) is 11.8 Å². The van der Waals surface area contributed by atoms with E-state index in [2.05, 4.69) is 45.4 Å². The molecule has 1 aliphatic heterocycles. The van der Waals surface area contributed by atoms with E-state index in [1.54, 1.807) is 6.07 Å². The van der Waals surface area contributed by atoms with Gasteiger partial charge in [0.15, 0.2) is 5.69 Å². The monoisotopic (exact) mass is 334 g/mol. The van der Waals surface area contributed by atoms with E-state index in [0.717, 1.165) is 30.4 Å². The van der Waals surface area contributed by atoms with Crippen molar-refractivity contribution in [1.29, 1.82) is 0 Å². The van der Waals surface area contributed by atoms with Gasteiger partial charge >= 0.3 is 0 Å². The van der Waals surface area contributed by atoms with Crippen LogP contribution in [0.2, 0.25) is 0 Å². The van der Waals surface area contributed by atoms with E-state index in [9.17, 15) is 4.79 Å². The van der Waals surface area contributed by atoms with Gasteiger partial charge in [0.2, 0.25) is 0 Å². The van der Waals surface area contributed by atoms with Crippen LogP contribution in [0.5, 0.6) is 0 Å². The molecular weight excluding hydrogens is 320 g/mol. The smallest absolute Gasteiger partial charge is 0.276 e. The summed E-state index contributed by atoms with van der Waals surface area (Å²) in [6.07, 6.45) is 3.41. The standard InChI is InChI=1S/C15H15BrN2O2/c16-13-3-1-11(2-4-13)12-5-8-18(9-6-12)15(19)14-7-10-20-17-14/h1-4,7,10,12H,5-6,8-9H2. The van der Waals surface area contributed by atoms with Crippen molar-refractivity contribution in [3.8, 4) is 0 Å². The van der Waals surface area contributed by atoms with Crippen LogP contribution < -0.4 is 0 Å². The molecule has 1 aliphatic rings. The zero-order chi connectivity index (χ0) is 13.9. The summed E-state index contributed by atoms with van der Waals surface area (Å²) in [7, 11) is 0. The molecule has 0 atom stereocenters. The van der Waals surface area contributed by atoms with Gasteiger partial charge in [-0.3, -0.25) is 4.79 Å². The maximum absolute atomic E-state index is 12.1. The largest absolute Gasteiger partial charge is 0.364 e. The molecule has 0 saturated carbocycles. The van der Waals surface area contributed by atoms with Gasteiger partial charge in [0.05, 0.1) is 0 Å². The summed E-state index contributed by atoms with van der Waals surface area (Å²) in [5.74, 6) is 0.498. The summed E-state index contributed by atoms with van der Waals surface area (Å²) in [4.78, 5) is 14.0. The molecule has 1 fully saturated rings. The van der Waals surface area contributed by atoms with Crippen molar-refractivity contribution in [2.24, 2.45) is 0 Å². The molecule has 1 amide bonds. The third-order valence-electron chi connectivity index (χ3n) is 3.78. The van der Waals surface area contributed by atoms with Crippen LogP contribution in [0.3, 0.4) is 0 Å². The summed E-state index contributed by atoms with van der Waals surface area (Å²) in [6, 6.07) is 10.1. The maximum Gasteiger partial charge on any atom is 0.276 e. The van der Waals surface area contributed by atoms with Crippen LogP contribution >= 0.6 is 15.9 Å². The van der Waals surface area contributed by atoms with Gasteiger partial charge in [-0.2, -0.15) is 0 Å². The number of halogens is 1. The van der Waals surface area contributed by atoms with E-state index in [4.69, 9.17) is 4.52 Å². The molecule has 3 rings (SSSR count). The highest BCUT2D eigenvalue weighted by Crippen LogP contribution is 2.29. The minimum absolute atomic E-state index is 0.0343. The van der Waals surface area contributed by atoms with Gasteiger partial charge in [0, 0.05) is 23.6 Å². The number of rotatable bonds is 2. The molecular formula is C15H15BrN2O2. The van der Waals surface area contributed by atoms with Crippen molar-refractivity contribution in [2.45, 2.75) is 18.8 Å². The van der Waals surface area contributed by atoms with Gasteiger partial charge in [-0.1, -0.05) is 33.2 Å². The Morgan fingerprint density at radius 1 is 1.20 bits per heavy atom. The fraction of sp³-hybridized carbons (Fsp3) is 0.333. The topological polar surface area (TPSA) is 46.3 Å². The number of likely N-dealkylation sites (tertiary alicyclic amines) is 1. The van der Waals surface area contributed by atoms with Gasteiger partial charge in [-0.15, -0.1) is 0 Å². The number of nitrogens with zero attached hydrogens (tertiary/aromatic N) is 2. The Morgan fingerprint density at radius 3 is 2.50 bits per heavy atom. The van der Waals surface area contributed by atoms with Crippen LogP contribution in [-0.2, 0) is 0 Å². The average molecular weight is 335 g/mol. The first kappa shape index (κ1) is 13.4. The fourth-order valence-corrected chi connectivity index (χ4v) is 2.90. The Morgan fingerprint density at radius 2 is 1.90 bits per heavy atom. The molecule has 1 aromatic heterocycles. The molecule has 0 aliphatic carbocycles. The van der Waals surface area contributed by atoms with Crippen molar-refractivity contribution < 1.29 is 9.32 Å². The molecule has 0 spiro atoms. The normalized spacial score (nSPS) is 16.4. The second kappa shape index (κ2) is 5.79.